The van der Waals surface area contributed by atoms with Gasteiger partial charge in [0.2, 0.25) is 5.88 Å². The third kappa shape index (κ3) is 5.52. The van der Waals surface area contributed by atoms with Crippen LogP contribution in [-0.2, 0) is 11.3 Å². The monoisotopic (exact) mass is 500 g/mol. The van der Waals surface area contributed by atoms with Crippen LogP contribution in [0.25, 0.3) is 0 Å². The first-order valence-corrected chi connectivity index (χ1v) is 14.3. The van der Waals surface area contributed by atoms with E-state index in [9.17, 15) is 9.59 Å². The van der Waals surface area contributed by atoms with Gasteiger partial charge in [-0.3, -0.25) is 4.79 Å². The van der Waals surface area contributed by atoms with Crippen LogP contribution in [0.2, 0.25) is 0 Å². The van der Waals surface area contributed by atoms with Crippen LogP contribution in [0.3, 0.4) is 0 Å². The third-order valence-corrected chi connectivity index (χ3v) is 9.00. The minimum absolute atomic E-state index is 0.0276. The SMILES string of the molecule is CCOC(=O)N1CCC(CCn2ncc(C(=O)NC3C4CC5CC(C4)CC3C5)c2OCC(C)C)CC1. The van der Waals surface area contributed by atoms with Crippen molar-refractivity contribution < 1.29 is 19.1 Å². The predicted octanol–water partition coefficient (Wildman–Crippen LogP) is 4.73. The number of likely N-dealkylation sites (tertiary alicyclic amines) is 1. The van der Waals surface area contributed by atoms with E-state index >= 15 is 0 Å². The molecule has 1 aromatic rings. The molecule has 0 radical (unpaired) electrons. The van der Waals surface area contributed by atoms with E-state index in [1.165, 1.54) is 32.1 Å². The lowest BCUT2D eigenvalue weighted by Crippen LogP contribution is -2.55. The maximum Gasteiger partial charge on any atom is 0.409 e. The molecule has 2 amide bonds. The van der Waals surface area contributed by atoms with Crippen LogP contribution in [-0.4, -0.2) is 59.0 Å². The number of carbonyl (C=O) groups excluding carboxylic acids is 2. The zero-order valence-electron chi connectivity index (χ0n) is 22.3. The van der Waals surface area contributed by atoms with Crippen molar-refractivity contribution >= 4 is 12.0 Å². The summed E-state index contributed by atoms with van der Waals surface area (Å²) in [6, 6.07) is 0.302. The highest BCUT2D eigenvalue weighted by Crippen LogP contribution is 2.53. The topological polar surface area (TPSA) is 85.7 Å². The maximum absolute atomic E-state index is 13.5. The van der Waals surface area contributed by atoms with Gasteiger partial charge in [-0.05, 0) is 93.8 Å². The summed E-state index contributed by atoms with van der Waals surface area (Å²) in [6.45, 7) is 9.22. The number of nitrogens with one attached hydrogen (secondary N) is 1. The number of nitrogens with zero attached hydrogens (tertiary/aromatic N) is 3. The molecule has 4 aliphatic carbocycles. The molecular formula is C28H44N4O4. The minimum atomic E-state index is -0.206. The fourth-order valence-electron chi connectivity index (χ4n) is 7.40. The number of hydrogen-bond acceptors (Lipinski definition) is 5. The molecule has 0 spiro atoms. The Morgan fingerprint density at radius 3 is 2.36 bits per heavy atom. The molecule has 1 aliphatic heterocycles. The normalized spacial score (nSPS) is 29.6. The first-order chi connectivity index (χ1) is 17.4. The zero-order chi connectivity index (χ0) is 25.2. The van der Waals surface area contributed by atoms with Crippen LogP contribution >= 0.6 is 0 Å². The maximum atomic E-state index is 13.5. The highest BCUT2D eigenvalue weighted by molar-refractivity contribution is 5.96. The highest BCUT2D eigenvalue weighted by Gasteiger charge is 2.48. The molecule has 1 saturated heterocycles. The molecule has 8 heteroatoms. The van der Waals surface area contributed by atoms with E-state index in [4.69, 9.17) is 9.47 Å². The Morgan fingerprint density at radius 1 is 1.08 bits per heavy atom. The van der Waals surface area contributed by atoms with Gasteiger partial charge in [0.25, 0.3) is 5.91 Å². The summed E-state index contributed by atoms with van der Waals surface area (Å²) in [5.41, 5.74) is 0.571. The third-order valence-electron chi connectivity index (χ3n) is 9.00. The first-order valence-electron chi connectivity index (χ1n) is 14.3. The number of aryl methyl sites for hydroxylation is 1. The van der Waals surface area contributed by atoms with Gasteiger partial charge in [-0.2, -0.15) is 5.10 Å². The average molecular weight is 501 g/mol. The van der Waals surface area contributed by atoms with Crippen molar-refractivity contribution in [3.8, 4) is 5.88 Å². The lowest BCUT2D eigenvalue weighted by molar-refractivity contribution is -0.0120. The number of ether oxygens (including phenoxy) is 2. The molecule has 6 rings (SSSR count). The van der Waals surface area contributed by atoms with Gasteiger partial charge in [0, 0.05) is 25.7 Å². The van der Waals surface area contributed by atoms with Crippen LogP contribution in [0.15, 0.2) is 6.20 Å². The second-order valence-corrected chi connectivity index (χ2v) is 12.1. The number of hydrogen-bond donors (Lipinski definition) is 1. The summed E-state index contributed by atoms with van der Waals surface area (Å²) in [7, 11) is 0. The minimum Gasteiger partial charge on any atom is -0.477 e. The van der Waals surface area contributed by atoms with Crippen molar-refractivity contribution in [1.29, 1.82) is 0 Å². The van der Waals surface area contributed by atoms with E-state index in [-0.39, 0.29) is 12.0 Å². The van der Waals surface area contributed by atoms with Crippen molar-refractivity contribution in [2.45, 2.75) is 84.7 Å². The Labute approximate surface area is 215 Å². The Balaban J connectivity index is 1.20. The molecule has 4 saturated carbocycles. The van der Waals surface area contributed by atoms with Crippen LogP contribution in [0.1, 0.15) is 82.5 Å². The first kappa shape index (κ1) is 25.4. The Hall–Kier alpha value is -2.25. The lowest BCUT2D eigenvalue weighted by Gasteiger charge is -2.54. The summed E-state index contributed by atoms with van der Waals surface area (Å²) in [5.74, 6) is 4.51. The van der Waals surface area contributed by atoms with Crippen LogP contribution in [0, 0.1) is 35.5 Å². The molecule has 4 bridgehead atoms. The molecule has 2 heterocycles. The molecule has 0 unspecified atom stereocenters. The van der Waals surface area contributed by atoms with Gasteiger partial charge in [-0.25, -0.2) is 9.48 Å². The summed E-state index contributed by atoms with van der Waals surface area (Å²) in [4.78, 5) is 27.3. The molecule has 200 valence electrons. The van der Waals surface area contributed by atoms with E-state index in [2.05, 4.69) is 24.3 Å². The van der Waals surface area contributed by atoms with Gasteiger partial charge in [0.15, 0.2) is 0 Å². The summed E-state index contributed by atoms with van der Waals surface area (Å²) < 4.78 is 13.2. The van der Waals surface area contributed by atoms with Crippen molar-refractivity contribution in [1.82, 2.24) is 20.0 Å². The number of rotatable bonds is 9. The Bertz CT molecular complexity index is 893. The van der Waals surface area contributed by atoms with Gasteiger partial charge in [0.1, 0.15) is 5.56 Å². The second kappa shape index (κ2) is 11.0. The number of piperidine rings is 1. The molecule has 0 aromatic carbocycles. The van der Waals surface area contributed by atoms with Crippen LogP contribution in [0.5, 0.6) is 5.88 Å². The fraction of sp³-hybridized carbons (Fsp3) is 0.821. The number of carbonyl (C=O) groups is 2. The summed E-state index contributed by atoms with van der Waals surface area (Å²) in [6.07, 6.45) is 10.9. The van der Waals surface area contributed by atoms with Crippen molar-refractivity contribution in [3.63, 3.8) is 0 Å². The summed E-state index contributed by atoms with van der Waals surface area (Å²) >= 11 is 0. The smallest absolute Gasteiger partial charge is 0.409 e. The predicted molar refractivity (Wildman–Crippen MR) is 137 cm³/mol. The molecule has 8 nitrogen and oxygen atoms in total. The molecule has 5 aliphatic rings. The zero-order valence-corrected chi connectivity index (χ0v) is 22.3. The molecule has 0 atom stereocenters. The van der Waals surface area contributed by atoms with E-state index in [0.29, 0.717) is 60.9 Å². The number of amides is 2. The summed E-state index contributed by atoms with van der Waals surface area (Å²) in [5, 5.41) is 8.03. The quantitative estimate of drug-likeness (QED) is 0.530. The standard InChI is InChI=1S/C28H44N4O4/c1-4-35-28(34)31-8-5-19(6-9-31)7-10-32-27(36-17-18(2)3)24(16-29-32)26(33)30-25-22-12-20-11-21(14-22)15-23(25)13-20/h16,18-23,25H,4-15,17H2,1-3H3,(H,30,33). The molecule has 1 aromatic heterocycles. The van der Waals surface area contributed by atoms with Crippen molar-refractivity contribution in [3.05, 3.63) is 11.8 Å². The lowest BCUT2D eigenvalue weighted by atomic mass is 9.54. The Morgan fingerprint density at radius 2 is 1.75 bits per heavy atom. The van der Waals surface area contributed by atoms with Gasteiger partial charge in [-0.15, -0.1) is 0 Å². The molecule has 5 fully saturated rings. The van der Waals surface area contributed by atoms with Gasteiger partial charge in [0.05, 0.1) is 19.4 Å². The van der Waals surface area contributed by atoms with Crippen LogP contribution in [0.4, 0.5) is 4.79 Å². The molecule has 1 N–H and O–H groups in total. The van der Waals surface area contributed by atoms with E-state index in [1.807, 2.05) is 11.6 Å². The van der Waals surface area contributed by atoms with Crippen molar-refractivity contribution in [2.75, 3.05) is 26.3 Å². The van der Waals surface area contributed by atoms with E-state index in [0.717, 1.165) is 44.2 Å². The van der Waals surface area contributed by atoms with Crippen LogP contribution < -0.4 is 10.1 Å². The van der Waals surface area contributed by atoms with Gasteiger partial charge in [-0.1, -0.05) is 13.8 Å². The van der Waals surface area contributed by atoms with Gasteiger partial charge >= 0.3 is 6.09 Å². The average Bonchev–Trinajstić information content (AvgIpc) is 3.26. The largest absolute Gasteiger partial charge is 0.477 e. The van der Waals surface area contributed by atoms with Crippen molar-refractivity contribution in [2.24, 2.45) is 35.5 Å². The second-order valence-electron chi connectivity index (χ2n) is 12.1. The van der Waals surface area contributed by atoms with E-state index < -0.39 is 0 Å². The fourth-order valence-corrected chi connectivity index (χ4v) is 7.40. The Kier molecular flexibility index (Phi) is 7.77. The molecule has 36 heavy (non-hydrogen) atoms. The highest BCUT2D eigenvalue weighted by atomic mass is 16.6. The van der Waals surface area contributed by atoms with Gasteiger partial charge < -0.3 is 19.7 Å². The van der Waals surface area contributed by atoms with E-state index in [1.54, 1.807) is 11.1 Å². The molecular weight excluding hydrogens is 456 g/mol. The number of aromatic nitrogens is 2.